The maximum Gasteiger partial charge on any atom is 0.262 e. The minimum atomic E-state index is -0.252. The Bertz CT molecular complexity index is 585. The molecule has 0 atom stereocenters. The van der Waals surface area contributed by atoms with Gasteiger partial charge < -0.3 is 14.8 Å². The van der Waals surface area contributed by atoms with E-state index in [4.69, 9.17) is 9.47 Å². The fourth-order valence-electron chi connectivity index (χ4n) is 1.69. The largest absolute Gasteiger partial charge is 0.495 e. The molecule has 0 unspecified atom stereocenters. The molecule has 2 rings (SSSR count). The zero-order valence-electron chi connectivity index (χ0n) is 11.4. The molecule has 1 N–H and O–H groups in total. The van der Waals surface area contributed by atoms with Crippen LogP contribution in [0.3, 0.4) is 0 Å². The summed E-state index contributed by atoms with van der Waals surface area (Å²) < 4.78 is 10.5. The summed E-state index contributed by atoms with van der Waals surface area (Å²) in [6.45, 7) is 1.87. The summed E-state index contributed by atoms with van der Waals surface area (Å²) >= 11 is 0. The smallest absolute Gasteiger partial charge is 0.262 e. The van der Waals surface area contributed by atoms with Crippen molar-refractivity contribution in [2.75, 3.05) is 19.0 Å². The standard InChI is InChI=1S/C15H16N2O3/c1-11-5-6-14(19-2)13(8-11)17-15(18)10-20-12-4-3-7-16-9-12/h3-9H,10H2,1-2H3,(H,17,18). The molecule has 0 radical (unpaired) electrons. The zero-order chi connectivity index (χ0) is 14.4. The quantitative estimate of drug-likeness (QED) is 0.908. The Morgan fingerprint density at radius 1 is 1.35 bits per heavy atom. The van der Waals surface area contributed by atoms with E-state index >= 15 is 0 Å². The monoisotopic (exact) mass is 272 g/mol. The lowest BCUT2D eigenvalue weighted by Crippen LogP contribution is -2.20. The number of amides is 1. The molecule has 1 aromatic heterocycles. The third-order valence-electron chi connectivity index (χ3n) is 2.63. The molecule has 0 saturated heterocycles. The number of aromatic nitrogens is 1. The molecular weight excluding hydrogens is 256 g/mol. The molecule has 0 aliphatic rings. The molecule has 0 spiro atoms. The van der Waals surface area contributed by atoms with Gasteiger partial charge in [-0.1, -0.05) is 6.07 Å². The van der Waals surface area contributed by atoms with Gasteiger partial charge in [0.05, 0.1) is 19.0 Å². The first-order valence-electron chi connectivity index (χ1n) is 6.16. The molecular formula is C15H16N2O3. The van der Waals surface area contributed by atoms with Gasteiger partial charge in [0, 0.05) is 6.20 Å². The van der Waals surface area contributed by atoms with Crippen LogP contribution in [0.4, 0.5) is 5.69 Å². The fourth-order valence-corrected chi connectivity index (χ4v) is 1.69. The summed E-state index contributed by atoms with van der Waals surface area (Å²) in [6.07, 6.45) is 3.20. The molecule has 0 bridgehead atoms. The van der Waals surface area contributed by atoms with Crippen LogP contribution < -0.4 is 14.8 Å². The third kappa shape index (κ3) is 3.71. The molecule has 1 amide bonds. The van der Waals surface area contributed by atoms with E-state index in [2.05, 4.69) is 10.3 Å². The number of hydrogen-bond donors (Lipinski definition) is 1. The van der Waals surface area contributed by atoms with Crippen LogP contribution in [-0.4, -0.2) is 24.6 Å². The van der Waals surface area contributed by atoms with Crippen LogP contribution >= 0.6 is 0 Å². The van der Waals surface area contributed by atoms with Gasteiger partial charge in [-0.05, 0) is 36.8 Å². The highest BCUT2D eigenvalue weighted by atomic mass is 16.5. The van der Waals surface area contributed by atoms with Crippen molar-refractivity contribution in [3.8, 4) is 11.5 Å². The topological polar surface area (TPSA) is 60.5 Å². The lowest BCUT2D eigenvalue weighted by molar-refractivity contribution is -0.118. The predicted molar refractivity (Wildman–Crippen MR) is 76.1 cm³/mol. The van der Waals surface area contributed by atoms with E-state index in [1.54, 1.807) is 31.6 Å². The molecule has 5 heteroatoms. The minimum Gasteiger partial charge on any atom is -0.495 e. The highest BCUT2D eigenvalue weighted by Gasteiger charge is 2.08. The second-order valence-electron chi connectivity index (χ2n) is 4.23. The van der Waals surface area contributed by atoms with Gasteiger partial charge in [0.1, 0.15) is 11.5 Å². The number of rotatable bonds is 5. The number of methoxy groups -OCH3 is 1. The summed E-state index contributed by atoms with van der Waals surface area (Å²) in [5, 5.41) is 2.76. The maximum absolute atomic E-state index is 11.9. The Hall–Kier alpha value is -2.56. The highest BCUT2D eigenvalue weighted by Crippen LogP contribution is 2.25. The van der Waals surface area contributed by atoms with Crippen molar-refractivity contribution in [2.24, 2.45) is 0 Å². The normalized spacial score (nSPS) is 9.90. The Kier molecular flexibility index (Phi) is 4.55. The van der Waals surface area contributed by atoms with Gasteiger partial charge in [-0.15, -0.1) is 0 Å². The molecule has 5 nitrogen and oxygen atoms in total. The summed E-state index contributed by atoms with van der Waals surface area (Å²) in [6, 6.07) is 9.07. The molecule has 1 heterocycles. The van der Waals surface area contributed by atoms with E-state index in [-0.39, 0.29) is 12.5 Å². The van der Waals surface area contributed by atoms with E-state index in [1.165, 1.54) is 0 Å². The third-order valence-corrected chi connectivity index (χ3v) is 2.63. The number of benzene rings is 1. The number of ether oxygens (including phenoxy) is 2. The number of hydrogen-bond acceptors (Lipinski definition) is 4. The molecule has 0 aliphatic carbocycles. The van der Waals surface area contributed by atoms with Crippen molar-refractivity contribution >= 4 is 11.6 Å². The first kappa shape index (κ1) is 13.9. The number of carbonyl (C=O) groups is 1. The van der Waals surface area contributed by atoms with Crippen molar-refractivity contribution in [3.05, 3.63) is 48.3 Å². The van der Waals surface area contributed by atoms with Gasteiger partial charge in [-0.25, -0.2) is 0 Å². The van der Waals surface area contributed by atoms with Gasteiger partial charge in [-0.3, -0.25) is 9.78 Å². The van der Waals surface area contributed by atoms with E-state index in [0.29, 0.717) is 17.2 Å². The Labute approximate surface area is 117 Å². The molecule has 104 valence electrons. The first-order chi connectivity index (χ1) is 9.69. The molecule has 20 heavy (non-hydrogen) atoms. The van der Waals surface area contributed by atoms with Crippen molar-refractivity contribution in [1.82, 2.24) is 4.98 Å². The van der Waals surface area contributed by atoms with E-state index in [1.807, 2.05) is 25.1 Å². The highest BCUT2D eigenvalue weighted by molar-refractivity contribution is 5.93. The fraction of sp³-hybridized carbons (Fsp3) is 0.200. The molecule has 0 fully saturated rings. The van der Waals surface area contributed by atoms with E-state index in [9.17, 15) is 4.79 Å². The summed E-state index contributed by atoms with van der Waals surface area (Å²) in [5.41, 5.74) is 1.67. The van der Waals surface area contributed by atoms with Gasteiger partial charge in [0.25, 0.3) is 5.91 Å². The predicted octanol–water partition coefficient (Wildman–Crippen LogP) is 2.42. The second-order valence-corrected chi connectivity index (χ2v) is 4.23. The van der Waals surface area contributed by atoms with Crippen molar-refractivity contribution in [2.45, 2.75) is 6.92 Å². The number of nitrogens with zero attached hydrogens (tertiary/aromatic N) is 1. The van der Waals surface area contributed by atoms with Crippen molar-refractivity contribution in [1.29, 1.82) is 0 Å². The van der Waals surface area contributed by atoms with Crippen LogP contribution in [0.25, 0.3) is 0 Å². The number of carbonyl (C=O) groups excluding carboxylic acids is 1. The summed E-state index contributed by atoms with van der Waals surface area (Å²) in [5.74, 6) is 0.918. The Morgan fingerprint density at radius 3 is 2.90 bits per heavy atom. The van der Waals surface area contributed by atoms with Crippen LogP contribution in [0.5, 0.6) is 11.5 Å². The average Bonchev–Trinajstić information content (AvgIpc) is 2.46. The molecule has 2 aromatic rings. The van der Waals surface area contributed by atoms with Crippen LogP contribution in [0.1, 0.15) is 5.56 Å². The first-order valence-corrected chi connectivity index (χ1v) is 6.16. The number of pyridine rings is 1. The van der Waals surface area contributed by atoms with Gasteiger partial charge >= 0.3 is 0 Å². The van der Waals surface area contributed by atoms with Gasteiger partial charge in [0.15, 0.2) is 6.61 Å². The van der Waals surface area contributed by atoms with E-state index in [0.717, 1.165) is 5.56 Å². The number of anilines is 1. The van der Waals surface area contributed by atoms with Crippen LogP contribution in [0.15, 0.2) is 42.7 Å². The molecule has 1 aromatic carbocycles. The summed E-state index contributed by atoms with van der Waals surface area (Å²) in [7, 11) is 1.56. The van der Waals surface area contributed by atoms with Crippen LogP contribution in [0.2, 0.25) is 0 Å². The Morgan fingerprint density at radius 2 is 2.20 bits per heavy atom. The average molecular weight is 272 g/mol. The number of nitrogens with one attached hydrogen (secondary N) is 1. The van der Waals surface area contributed by atoms with Gasteiger partial charge in [-0.2, -0.15) is 0 Å². The zero-order valence-corrected chi connectivity index (χ0v) is 11.4. The van der Waals surface area contributed by atoms with Gasteiger partial charge in [0.2, 0.25) is 0 Å². The van der Waals surface area contributed by atoms with Crippen molar-refractivity contribution in [3.63, 3.8) is 0 Å². The molecule has 0 saturated carbocycles. The molecule has 0 aliphatic heterocycles. The van der Waals surface area contributed by atoms with E-state index < -0.39 is 0 Å². The summed E-state index contributed by atoms with van der Waals surface area (Å²) in [4.78, 5) is 15.8. The lowest BCUT2D eigenvalue weighted by Gasteiger charge is -2.11. The maximum atomic E-state index is 11.9. The lowest BCUT2D eigenvalue weighted by atomic mass is 10.2. The Balaban J connectivity index is 1.96. The minimum absolute atomic E-state index is 0.0806. The van der Waals surface area contributed by atoms with Crippen molar-refractivity contribution < 1.29 is 14.3 Å². The van der Waals surface area contributed by atoms with Crippen LogP contribution in [-0.2, 0) is 4.79 Å². The number of aryl methyl sites for hydroxylation is 1. The van der Waals surface area contributed by atoms with Crippen LogP contribution in [0, 0.1) is 6.92 Å². The SMILES string of the molecule is COc1ccc(C)cc1NC(=O)COc1cccnc1. The second kappa shape index (κ2) is 6.56.